The highest BCUT2D eigenvalue weighted by Crippen LogP contribution is 2.31. The second-order valence-electron chi connectivity index (χ2n) is 5.97. The van der Waals surface area contributed by atoms with E-state index in [0.717, 1.165) is 11.0 Å². The molecule has 1 fully saturated rings. The summed E-state index contributed by atoms with van der Waals surface area (Å²) in [6, 6.07) is 5.29. The van der Waals surface area contributed by atoms with Crippen LogP contribution in [-0.2, 0) is 0 Å². The number of carbonyl (C=O) groups is 1. The lowest BCUT2D eigenvalue weighted by atomic mass is 10.1. The highest BCUT2D eigenvalue weighted by Gasteiger charge is 2.32. The Morgan fingerprint density at radius 1 is 0.857 bits per heavy atom. The molecule has 1 heterocycles. The molecule has 28 heavy (non-hydrogen) atoms. The predicted molar refractivity (Wildman–Crippen MR) is 87.4 cm³/mol. The van der Waals surface area contributed by atoms with Crippen molar-refractivity contribution >= 4 is 17.3 Å². The maximum absolute atomic E-state index is 13.9. The number of carbonyl (C=O) groups excluding carboxylic acids is 1. The first kappa shape index (κ1) is 19.5. The van der Waals surface area contributed by atoms with Gasteiger partial charge in [0, 0.05) is 32.2 Å². The van der Waals surface area contributed by atoms with E-state index < -0.39 is 51.3 Å². The number of amides is 1. The van der Waals surface area contributed by atoms with Crippen molar-refractivity contribution in [1.82, 2.24) is 4.90 Å². The van der Waals surface area contributed by atoms with Gasteiger partial charge < -0.3 is 9.80 Å². The molecule has 0 saturated carbocycles. The lowest BCUT2D eigenvalue weighted by Gasteiger charge is -2.36. The van der Waals surface area contributed by atoms with Crippen LogP contribution in [0.1, 0.15) is 10.4 Å². The average Bonchev–Trinajstić information content (AvgIpc) is 2.71. The van der Waals surface area contributed by atoms with E-state index in [1.165, 1.54) is 23.1 Å². The quantitative estimate of drug-likeness (QED) is 0.260. The van der Waals surface area contributed by atoms with Crippen molar-refractivity contribution in [3.05, 3.63) is 69.0 Å². The molecule has 2 aromatic carbocycles. The van der Waals surface area contributed by atoms with Gasteiger partial charge in [0.05, 0.1) is 4.92 Å². The van der Waals surface area contributed by atoms with Gasteiger partial charge in [0.1, 0.15) is 11.3 Å². The summed E-state index contributed by atoms with van der Waals surface area (Å²) in [5.74, 6) is -10.9. The smallest absolute Gasteiger partial charge is 0.282 e. The van der Waals surface area contributed by atoms with Crippen molar-refractivity contribution in [3.8, 4) is 0 Å². The van der Waals surface area contributed by atoms with Crippen molar-refractivity contribution in [2.75, 3.05) is 31.1 Å². The topological polar surface area (TPSA) is 66.7 Å². The Morgan fingerprint density at radius 2 is 1.36 bits per heavy atom. The lowest BCUT2D eigenvalue weighted by molar-refractivity contribution is -0.385. The van der Waals surface area contributed by atoms with E-state index in [4.69, 9.17) is 0 Å². The minimum atomic E-state index is -2.25. The van der Waals surface area contributed by atoms with Crippen LogP contribution in [0.3, 0.4) is 0 Å². The number of nitro groups is 1. The number of benzene rings is 2. The Kier molecular flexibility index (Phi) is 5.16. The second kappa shape index (κ2) is 7.41. The van der Waals surface area contributed by atoms with Crippen LogP contribution in [0.5, 0.6) is 0 Å². The molecule has 0 spiro atoms. The van der Waals surface area contributed by atoms with E-state index in [-0.39, 0.29) is 31.7 Å². The number of rotatable bonds is 3. The molecule has 0 atom stereocenters. The van der Waals surface area contributed by atoms with Crippen molar-refractivity contribution in [3.63, 3.8) is 0 Å². The molecular weight excluding hydrogens is 389 g/mol. The summed E-state index contributed by atoms with van der Waals surface area (Å²) in [4.78, 5) is 25.0. The van der Waals surface area contributed by atoms with Gasteiger partial charge in [-0.2, -0.15) is 0 Å². The zero-order valence-electron chi connectivity index (χ0n) is 14.1. The van der Waals surface area contributed by atoms with Crippen molar-refractivity contribution < 1.29 is 31.7 Å². The maximum atomic E-state index is 13.9. The molecule has 3 rings (SSSR count). The second-order valence-corrected chi connectivity index (χ2v) is 5.97. The van der Waals surface area contributed by atoms with Crippen molar-refractivity contribution in [2.45, 2.75) is 0 Å². The number of nitrogens with zero attached hydrogens (tertiary/aromatic N) is 3. The van der Waals surface area contributed by atoms with Gasteiger partial charge in [0.2, 0.25) is 5.82 Å². The van der Waals surface area contributed by atoms with Crippen LogP contribution >= 0.6 is 0 Å². The summed E-state index contributed by atoms with van der Waals surface area (Å²) in [5, 5.41) is 11.1. The highest BCUT2D eigenvalue weighted by molar-refractivity contribution is 5.98. The molecule has 0 aliphatic carbocycles. The number of anilines is 1. The van der Waals surface area contributed by atoms with Crippen LogP contribution in [0, 0.1) is 39.2 Å². The minimum Gasteiger partial charge on any atom is -0.363 e. The summed E-state index contributed by atoms with van der Waals surface area (Å²) in [5.41, 5.74) is -1.61. The van der Waals surface area contributed by atoms with Crippen LogP contribution in [0.25, 0.3) is 0 Å². The molecule has 148 valence electrons. The van der Waals surface area contributed by atoms with Gasteiger partial charge in [-0.05, 0) is 6.07 Å². The van der Waals surface area contributed by atoms with Gasteiger partial charge in [-0.1, -0.05) is 12.1 Å². The van der Waals surface area contributed by atoms with E-state index in [9.17, 15) is 36.9 Å². The fourth-order valence-electron chi connectivity index (χ4n) is 2.99. The third kappa shape index (κ3) is 3.23. The fourth-order valence-corrected chi connectivity index (χ4v) is 2.99. The van der Waals surface area contributed by atoms with Gasteiger partial charge >= 0.3 is 0 Å². The summed E-state index contributed by atoms with van der Waals surface area (Å²) < 4.78 is 67.8. The molecule has 6 nitrogen and oxygen atoms in total. The standard InChI is InChI=1S/C17H12F5N3O3/c18-11-12(19)14(21)16(15(22)13(11)20)23-5-7-24(8-6-23)17(26)9-3-1-2-4-10(9)25(27)28/h1-4H,5-8H2. The Bertz CT molecular complexity index is 932. The summed E-state index contributed by atoms with van der Waals surface area (Å²) >= 11 is 0. The van der Waals surface area contributed by atoms with Crippen LogP contribution in [0.15, 0.2) is 24.3 Å². The number of para-hydroxylation sites is 1. The maximum Gasteiger partial charge on any atom is 0.282 e. The van der Waals surface area contributed by atoms with Gasteiger partial charge in [0.15, 0.2) is 23.3 Å². The normalized spacial score (nSPS) is 14.3. The zero-order valence-corrected chi connectivity index (χ0v) is 14.1. The molecule has 1 amide bonds. The van der Waals surface area contributed by atoms with Crippen LogP contribution in [0.2, 0.25) is 0 Å². The van der Waals surface area contributed by atoms with E-state index >= 15 is 0 Å². The molecule has 11 heteroatoms. The molecule has 1 saturated heterocycles. The van der Waals surface area contributed by atoms with E-state index in [1.807, 2.05) is 0 Å². The molecule has 0 unspecified atom stereocenters. The molecule has 1 aliphatic rings. The summed E-state index contributed by atoms with van der Waals surface area (Å²) in [7, 11) is 0. The number of hydrogen-bond donors (Lipinski definition) is 0. The van der Waals surface area contributed by atoms with Crippen molar-refractivity contribution in [2.24, 2.45) is 0 Å². The SMILES string of the molecule is O=C(c1ccccc1[N+](=O)[O-])N1CCN(c2c(F)c(F)c(F)c(F)c2F)CC1. The molecular formula is C17H12F5N3O3. The van der Waals surface area contributed by atoms with E-state index in [0.29, 0.717) is 0 Å². The molecule has 0 bridgehead atoms. The third-order valence-electron chi connectivity index (χ3n) is 4.40. The zero-order chi connectivity index (χ0) is 20.6. The Balaban J connectivity index is 1.81. The number of hydrogen-bond acceptors (Lipinski definition) is 4. The molecule has 0 N–H and O–H groups in total. The number of nitro benzene ring substituents is 1. The molecule has 0 radical (unpaired) electrons. The third-order valence-corrected chi connectivity index (χ3v) is 4.40. The largest absolute Gasteiger partial charge is 0.363 e. The Labute approximate surface area is 154 Å². The predicted octanol–water partition coefficient (Wildman–Crippen LogP) is 3.25. The lowest BCUT2D eigenvalue weighted by Crippen LogP contribution is -2.49. The first-order chi connectivity index (χ1) is 13.2. The average molecular weight is 401 g/mol. The van der Waals surface area contributed by atoms with E-state index in [2.05, 4.69) is 0 Å². The number of halogens is 5. The Hall–Kier alpha value is -3.24. The molecule has 1 aliphatic heterocycles. The molecule has 2 aromatic rings. The van der Waals surface area contributed by atoms with Crippen LogP contribution in [-0.4, -0.2) is 41.9 Å². The summed E-state index contributed by atoms with van der Waals surface area (Å²) in [6.45, 7) is -0.676. The minimum absolute atomic E-state index is 0.121. The molecule has 0 aromatic heterocycles. The van der Waals surface area contributed by atoms with Gasteiger partial charge in [0.25, 0.3) is 11.6 Å². The van der Waals surface area contributed by atoms with Crippen molar-refractivity contribution in [1.29, 1.82) is 0 Å². The Morgan fingerprint density at radius 3 is 1.89 bits per heavy atom. The fraction of sp³-hybridized carbons (Fsp3) is 0.235. The number of piperazine rings is 1. The monoisotopic (exact) mass is 401 g/mol. The van der Waals surface area contributed by atoms with E-state index in [1.54, 1.807) is 0 Å². The van der Waals surface area contributed by atoms with Gasteiger partial charge in [-0.3, -0.25) is 14.9 Å². The highest BCUT2D eigenvalue weighted by atomic mass is 19.2. The first-order valence-electron chi connectivity index (χ1n) is 8.03. The first-order valence-corrected chi connectivity index (χ1v) is 8.03. The van der Waals surface area contributed by atoms with Gasteiger partial charge in [-0.25, -0.2) is 22.0 Å². The summed E-state index contributed by atoms with van der Waals surface area (Å²) in [6.07, 6.45) is 0. The van der Waals surface area contributed by atoms with Gasteiger partial charge in [-0.15, -0.1) is 0 Å². The van der Waals surface area contributed by atoms with Crippen LogP contribution < -0.4 is 4.90 Å². The van der Waals surface area contributed by atoms with Crippen LogP contribution in [0.4, 0.5) is 33.3 Å².